The molecule has 0 fully saturated rings. The molecule has 2 rings (SSSR count). The van der Waals surface area contributed by atoms with Gasteiger partial charge < -0.3 is 10.8 Å². The lowest BCUT2D eigenvalue weighted by atomic mass is 10.3. The van der Waals surface area contributed by atoms with Crippen molar-refractivity contribution >= 4 is 38.9 Å². The van der Waals surface area contributed by atoms with Crippen molar-refractivity contribution in [2.75, 3.05) is 5.32 Å². The summed E-state index contributed by atoms with van der Waals surface area (Å²) in [5, 5.41) is 4.71. The molecule has 1 amide bonds. The number of nitrogens with one attached hydrogen (secondary N) is 1. The fourth-order valence-electron chi connectivity index (χ4n) is 1.13. The second kappa shape index (κ2) is 5.79. The maximum absolute atomic E-state index is 11.6. The minimum absolute atomic E-state index is 0. The summed E-state index contributed by atoms with van der Waals surface area (Å²) >= 11 is 4.77. The van der Waals surface area contributed by atoms with Gasteiger partial charge in [-0.15, -0.1) is 11.3 Å². The summed E-state index contributed by atoms with van der Waals surface area (Å²) in [6.45, 7) is 0. The SMILES string of the molecule is O.O=C(Nc1ccc(Br)cc1)c1cccs1. The standard InChI is InChI=1S/C11H8BrNOS.H2O/c12-8-3-5-9(6-4-8)13-11(14)10-2-1-7-15-10;/h1-7H,(H,13,14);1H2. The Morgan fingerprint density at radius 3 is 2.44 bits per heavy atom. The van der Waals surface area contributed by atoms with Crippen molar-refractivity contribution < 1.29 is 10.3 Å². The molecule has 1 aromatic carbocycles. The fraction of sp³-hybridized carbons (Fsp3) is 0. The van der Waals surface area contributed by atoms with Crippen LogP contribution in [0.2, 0.25) is 0 Å². The highest BCUT2D eigenvalue weighted by molar-refractivity contribution is 9.10. The van der Waals surface area contributed by atoms with Crippen LogP contribution >= 0.6 is 27.3 Å². The third kappa shape index (κ3) is 3.16. The maximum Gasteiger partial charge on any atom is 0.265 e. The van der Waals surface area contributed by atoms with E-state index in [4.69, 9.17) is 0 Å². The zero-order valence-corrected chi connectivity index (χ0v) is 10.6. The van der Waals surface area contributed by atoms with Gasteiger partial charge >= 0.3 is 0 Å². The molecule has 0 radical (unpaired) electrons. The third-order valence-electron chi connectivity index (χ3n) is 1.85. The second-order valence-electron chi connectivity index (χ2n) is 2.94. The third-order valence-corrected chi connectivity index (χ3v) is 3.24. The maximum atomic E-state index is 11.6. The highest BCUT2D eigenvalue weighted by Gasteiger charge is 2.05. The van der Waals surface area contributed by atoms with Crippen LogP contribution in [0.15, 0.2) is 46.3 Å². The first-order valence-electron chi connectivity index (χ1n) is 4.36. The fourth-order valence-corrected chi connectivity index (χ4v) is 2.02. The van der Waals surface area contributed by atoms with Gasteiger partial charge in [0.05, 0.1) is 4.88 Å². The van der Waals surface area contributed by atoms with Crippen LogP contribution in [0.4, 0.5) is 5.69 Å². The molecular weight excluding hydrogens is 290 g/mol. The molecule has 1 aromatic heterocycles. The van der Waals surface area contributed by atoms with Gasteiger partial charge in [-0.2, -0.15) is 0 Å². The summed E-state index contributed by atoms with van der Waals surface area (Å²) in [5.74, 6) is -0.0627. The summed E-state index contributed by atoms with van der Waals surface area (Å²) in [5.41, 5.74) is 0.802. The molecule has 3 N–H and O–H groups in total. The Hall–Kier alpha value is -1.17. The lowest BCUT2D eigenvalue weighted by Gasteiger charge is -2.02. The molecule has 0 saturated heterocycles. The van der Waals surface area contributed by atoms with Gasteiger partial charge in [0.25, 0.3) is 5.91 Å². The Labute approximate surface area is 106 Å². The molecule has 16 heavy (non-hydrogen) atoms. The molecule has 0 bridgehead atoms. The molecule has 0 spiro atoms. The van der Waals surface area contributed by atoms with Crippen molar-refractivity contribution in [3.63, 3.8) is 0 Å². The number of rotatable bonds is 2. The van der Waals surface area contributed by atoms with Gasteiger partial charge in [0, 0.05) is 10.2 Å². The number of hydrogen-bond acceptors (Lipinski definition) is 2. The van der Waals surface area contributed by atoms with E-state index in [0.29, 0.717) is 0 Å². The lowest BCUT2D eigenvalue weighted by Crippen LogP contribution is -2.09. The van der Waals surface area contributed by atoms with Gasteiger partial charge in [-0.25, -0.2) is 0 Å². The van der Waals surface area contributed by atoms with Crippen molar-refractivity contribution in [3.05, 3.63) is 51.1 Å². The molecule has 84 valence electrons. The number of anilines is 1. The van der Waals surface area contributed by atoms with Crippen LogP contribution in [0.5, 0.6) is 0 Å². The van der Waals surface area contributed by atoms with Gasteiger partial charge in [-0.1, -0.05) is 22.0 Å². The Bertz CT molecular complexity index is 453. The molecule has 0 saturated carbocycles. The second-order valence-corrected chi connectivity index (χ2v) is 4.80. The highest BCUT2D eigenvalue weighted by atomic mass is 79.9. The monoisotopic (exact) mass is 299 g/mol. The van der Waals surface area contributed by atoms with E-state index < -0.39 is 0 Å². The Balaban J connectivity index is 0.00000128. The smallest absolute Gasteiger partial charge is 0.265 e. The number of amides is 1. The van der Waals surface area contributed by atoms with Crippen LogP contribution in [0.3, 0.4) is 0 Å². The van der Waals surface area contributed by atoms with E-state index in [0.717, 1.165) is 15.0 Å². The van der Waals surface area contributed by atoms with E-state index in [1.165, 1.54) is 11.3 Å². The van der Waals surface area contributed by atoms with Crippen molar-refractivity contribution in [1.29, 1.82) is 0 Å². The van der Waals surface area contributed by atoms with Crippen LogP contribution in [0.1, 0.15) is 9.67 Å². The van der Waals surface area contributed by atoms with E-state index in [9.17, 15) is 4.79 Å². The molecule has 2 aromatic rings. The van der Waals surface area contributed by atoms with Crippen LogP contribution in [-0.2, 0) is 0 Å². The van der Waals surface area contributed by atoms with Gasteiger partial charge in [0.2, 0.25) is 0 Å². The molecule has 0 aliphatic rings. The molecule has 0 atom stereocenters. The first kappa shape index (κ1) is 12.9. The first-order valence-corrected chi connectivity index (χ1v) is 6.03. The quantitative estimate of drug-likeness (QED) is 0.910. The number of benzene rings is 1. The molecule has 0 aliphatic carbocycles. The van der Waals surface area contributed by atoms with Gasteiger partial charge in [0.15, 0.2) is 0 Å². The van der Waals surface area contributed by atoms with E-state index in [-0.39, 0.29) is 11.4 Å². The molecule has 0 aliphatic heterocycles. The van der Waals surface area contributed by atoms with Crippen molar-refractivity contribution in [2.45, 2.75) is 0 Å². The first-order chi connectivity index (χ1) is 7.25. The highest BCUT2D eigenvalue weighted by Crippen LogP contribution is 2.16. The predicted octanol–water partition coefficient (Wildman–Crippen LogP) is 2.94. The largest absolute Gasteiger partial charge is 0.412 e. The minimum atomic E-state index is -0.0627. The van der Waals surface area contributed by atoms with E-state index in [1.54, 1.807) is 6.07 Å². The summed E-state index contributed by atoms with van der Waals surface area (Å²) in [6, 6.07) is 11.2. The van der Waals surface area contributed by atoms with E-state index >= 15 is 0 Å². The Kier molecular flexibility index (Phi) is 4.67. The topological polar surface area (TPSA) is 60.6 Å². The number of thiophene rings is 1. The average molecular weight is 300 g/mol. The number of carbonyl (C=O) groups is 1. The molecule has 1 heterocycles. The van der Waals surface area contributed by atoms with Gasteiger partial charge in [-0.05, 0) is 35.7 Å². The van der Waals surface area contributed by atoms with E-state index in [1.807, 2.05) is 35.7 Å². The van der Waals surface area contributed by atoms with Crippen molar-refractivity contribution in [3.8, 4) is 0 Å². The Morgan fingerprint density at radius 2 is 1.88 bits per heavy atom. The van der Waals surface area contributed by atoms with E-state index in [2.05, 4.69) is 21.2 Å². The average Bonchev–Trinajstić information content (AvgIpc) is 2.74. The summed E-state index contributed by atoms with van der Waals surface area (Å²) in [7, 11) is 0. The number of carbonyl (C=O) groups excluding carboxylic acids is 1. The van der Waals surface area contributed by atoms with Crippen molar-refractivity contribution in [2.24, 2.45) is 0 Å². The molecule has 0 unspecified atom stereocenters. The predicted molar refractivity (Wildman–Crippen MR) is 70.0 cm³/mol. The van der Waals surface area contributed by atoms with Crippen LogP contribution in [-0.4, -0.2) is 11.4 Å². The summed E-state index contributed by atoms with van der Waals surface area (Å²) in [4.78, 5) is 12.4. The molecule has 3 nitrogen and oxygen atoms in total. The van der Waals surface area contributed by atoms with Crippen LogP contribution in [0, 0.1) is 0 Å². The minimum Gasteiger partial charge on any atom is -0.412 e. The zero-order valence-electron chi connectivity index (χ0n) is 8.24. The van der Waals surface area contributed by atoms with Crippen molar-refractivity contribution in [1.82, 2.24) is 0 Å². The normalized spacial score (nSPS) is 9.31. The van der Waals surface area contributed by atoms with Crippen LogP contribution in [0.25, 0.3) is 0 Å². The Morgan fingerprint density at radius 1 is 1.19 bits per heavy atom. The van der Waals surface area contributed by atoms with Crippen LogP contribution < -0.4 is 5.32 Å². The summed E-state index contributed by atoms with van der Waals surface area (Å²) < 4.78 is 0.997. The molecule has 5 heteroatoms. The number of hydrogen-bond donors (Lipinski definition) is 1. The molecular formula is C11H10BrNO2S. The zero-order chi connectivity index (χ0) is 10.7. The van der Waals surface area contributed by atoms with Gasteiger partial charge in [-0.3, -0.25) is 4.79 Å². The number of halogens is 1. The lowest BCUT2D eigenvalue weighted by molar-refractivity contribution is 0.103. The van der Waals surface area contributed by atoms with Gasteiger partial charge in [0.1, 0.15) is 0 Å². The summed E-state index contributed by atoms with van der Waals surface area (Å²) in [6.07, 6.45) is 0.